The van der Waals surface area contributed by atoms with E-state index in [1.54, 1.807) is 29.4 Å². The van der Waals surface area contributed by atoms with Crippen molar-refractivity contribution in [1.29, 1.82) is 0 Å². The van der Waals surface area contributed by atoms with E-state index in [1.165, 1.54) is 0 Å². The number of anilines is 3. The molecule has 1 atom stereocenters. The second-order valence-corrected chi connectivity index (χ2v) is 9.39. The Morgan fingerprint density at radius 1 is 0.872 bits per heavy atom. The first-order valence-electron chi connectivity index (χ1n) is 10.5. The van der Waals surface area contributed by atoms with E-state index in [2.05, 4.69) is 75.1 Å². The standard InChI is InChI=1S/C12H11BrN5.C10H12Cl2N4P.2CH3.2Y/c1-18-7-6-16-12(18)17-8-2-3-9-11(10(8)13)15-5-4-14-9;1-16-3-2-13-10(16)14-9-7(11)4-6(15-17)5-8(9)12;;;;/h2-5H,1,6-7H2,(H,16,17);4-5,15H,1-3,17H2,(H,13,14);2*1H3;;/q4*-1;;. The number of hydrogen-bond acceptors (Lipinski definition) is 9. The van der Waals surface area contributed by atoms with Gasteiger partial charge in [-0.25, -0.2) is 0 Å². The van der Waals surface area contributed by atoms with Gasteiger partial charge in [-0.3, -0.25) is 34.0 Å². The van der Waals surface area contributed by atoms with E-state index in [-0.39, 0.29) is 80.3 Å². The van der Waals surface area contributed by atoms with Gasteiger partial charge in [0.25, 0.3) is 0 Å². The molecule has 2 radical (unpaired) electrons. The Bertz CT molecular complexity index is 1280. The Balaban J connectivity index is 0.000000673. The summed E-state index contributed by atoms with van der Waals surface area (Å²) in [5.41, 5.74) is 4.07. The number of benzene rings is 2. The molecule has 39 heavy (non-hydrogen) atoms. The second kappa shape index (κ2) is 18.4. The van der Waals surface area contributed by atoms with E-state index in [4.69, 9.17) is 23.2 Å². The first-order chi connectivity index (χ1) is 16.9. The van der Waals surface area contributed by atoms with E-state index >= 15 is 0 Å². The minimum atomic E-state index is 0. The van der Waals surface area contributed by atoms with Crippen molar-refractivity contribution in [2.24, 2.45) is 9.98 Å². The molecule has 0 saturated carbocycles. The predicted molar refractivity (Wildman–Crippen MR) is 166 cm³/mol. The average Bonchev–Trinajstić information content (AvgIpc) is 3.45. The van der Waals surface area contributed by atoms with E-state index in [1.807, 2.05) is 17.0 Å². The number of nitrogens with one attached hydrogen (secondary N) is 3. The minimum Gasteiger partial charge on any atom is -0.494 e. The summed E-state index contributed by atoms with van der Waals surface area (Å²) in [6.07, 6.45) is 3.36. The van der Waals surface area contributed by atoms with Crippen LogP contribution < -0.4 is 15.7 Å². The summed E-state index contributed by atoms with van der Waals surface area (Å²) in [6, 6.07) is 7.45. The Morgan fingerprint density at radius 2 is 1.41 bits per heavy atom. The van der Waals surface area contributed by atoms with Gasteiger partial charge in [0.2, 0.25) is 0 Å². The third-order valence-corrected chi connectivity index (χ3v) is 6.87. The van der Waals surface area contributed by atoms with Crippen molar-refractivity contribution in [1.82, 2.24) is 19.8 Å². The number of rotatable bonds is 3. The molecule has 0 bridgehead atoms. The molecule has 5 rings (SSSR count). The maximum Gasteiger partial charge on any atom is 0.168 e. The summed E-state index contributed by atoms with van der Waals surface area (Å²) in [5, 5.41) is 10.3. The zero-order chi connectivity index (χ0) is 24.9. The molecule has 0 fully saturated rings. The van der Waals surface area contributed by atoms with Crippen LogP contribution in [0.1, 0.15) is 0 Å². The van der Waals surface area contributed by atoms with Crippen LogP contribution >= 0.6 is 48.5 Å². The smallest absolute Gasteiger partial charge is 0.168 e. The molecule has 2 aliphatic heterocycles. The molecule has 0 spiro atoms. The van der Waals surface area contributed by atoms with Gasteiger partial charge >= 0.3 is 0 Å². The van der Waals surface area contributed by atoms with Gasteiger partial charge in [-0.05, 0) is 49.6 Å². The van der Waals surface area contributed by atoms with Crippen LogP contribution in [0.5, 0.6) is 0 Å². The predicted octanol–water partition coefficient (Wildman–Crippen LogP) is 6.23. The third kappa shape index (κ3) is 9.95. The van der Waals surface area contributed by atoms with Crippen LogP contribution in [0.15, 0.2) is 51.1 Å². The number of fused-ring (bicyclic) bond motifs is 1. The first-order valence-corrected chi connectivity index (χ1v) is 12.6. The number of aromatic nitrogens is 2. The fourth-order valence-electron chi connectivity index (χ4n) is 3.31. The van der Waals surface area contributed by atoms with Crippen molar-refractivity contribution in [3.05, 3.63) is 80.1 Å². The molecule has 9 nitrogen and oxygen atoms in total. The summed E-state index contributed by atoms with van der Waals surface area (Å²) >= 11 is 15.8. The molecular formula is C24H29BrCl2N9PY2-4. The number of hydrogen-bond donors (Lipinski definition) is 3. The fraction of sp³-hybridized carbons (Fsp3) is 0.167. The Labute approximate surface area is 302 Å². The normalized spacial score (nSPS) is 13.4. The van der Waals surface area contributed by atoms with E-state index < -0.39 is 0 Å². The Hall–Kier alpha value is -0.182. The van der Waals surface area contributed by atoms with Crippen molar-refractivity contribution in [3.63, 3.8) is 0 Å². The summed E-state index contributed by atoms with van der Waals surface area (Å²) in [5.74, 6) is 1.46. The number of aliphatic imine (C=N–C) groups is 2. The topological polar surface area (TPSA) is 93.1 Å². The number of nitrogens with zero attached hydrogens (tertiary/aromatic N) is 6. The maximum absolute atomic E-state index is 6.15. The molecule has 2 aromatic carbocycles. The fourth-order valence-corrected chi connectivity index (χ4v) is 4.59. The van der Waals surface area contributed by atoms with Crippen LogP contribution in [0, 0.1) is 28.9 Å². The molecule has 0 amide bonds. The quantitative estimate of drug-likeness (QED) is 0.214. The van der Waals surface area contributed by atoms with Crippen molar-refractivity contribution in [3.8, 4) is 0 Å². The third-order valence-electron chi connectivity index (χ3n) is 5.13. The van der Waals surface area contributed by atoms with E-state index in [9.17, 15) is 0 Å². The zero-order valence-electron chi connectivity index (χ0n) is 21.8. The number of halogens is 3. The van der Waals surface area contributed by atoms with E-state index in [0.29, 0.717) is 21.7 Å². The zero-order valence-corrected chi connectivity index (χ0v) is 31.7. The van der Waals surface area contributed by atoms with Crippen molar-refractivity contribution in [2.75, 3.05) is 41.9 Å². The Morgan fingerprint density at radius 3 is 1.92 bits per heavy atom. The van der Waals surface area contributed by atoms with Crippen molar-refractivity contribution < 1.29 is 65.4 Å². The van der Waals surface area contributed by atoms with Crippen LogP contribution in [0.3, 0.4) is 0 Å². The van der Waals surface area contributed by atoms with Gasteiger partial charge < -0.3 is 40.4 Å². The molecule has 3 N–H and O–H groups in total. The van der Waals surface area contributed by atoms with Crippen LogP contribution in [0.4, 0.5) is 17.1 Å². The van der Waals surface area contributed by atoms with Gasteiger partial charge in [0, 0.05) is 96.6 Å². The maximum atomic E-state index is 6.15. The van der Waals surface area contributed by atoms with Gasteiger partial charge in [0.05, 0.1) is 44.5 Å². The van der Waals surface area contributed by atoms with Gasteiger partial charge in [-0.1, -0.05) is 23.2 Å². The molecule has 3 aromatic rings. The first kappa shape index (κ1) is 38.8. The summed E-state index contributed by atoms with van der Waals surface area (Å²) in [4.78, 5) is 20.8. The molecule has 0 aliphatic carbocycles. The number of guanidine groups is 2. The molecular weight excluding hydrogens is 774 g/mol. The van der Waals surface area contributed by atoms with Crippen molar-refractivity contribution in [2.45, 2.75) is 0 Å². The summed E-state index contributed by atoms with van der Waals surface area (Å²) < 4.78 is 0.885. The second-order valence-electron chi connectivity index (χ2n) is 7.50. The van der Waals surface area contributed by atoms with Crippen LogP contribution in [-0.4, -0.2) is 57.9 Å². The molecule has 0 saturated heterocycles. The molecule has 2 aliphatic rings. The monoisotopic (exact) mass is 801 g/mol. The minimum absolute atomic E-state index is 0. The van der Waals surface area contributed by atoms with Crippen LogP contribution in [0.2, 0.25) is 10.0 Å². The molecule has 1 aromatic heterocycles. The van der Waals surface area contributed by atoms with Gasteiger partial charge in [-0.2, -0.15) is 0 Å². The largest absolute Gasteiger partial charge is 0.494 e. The van der Waals surface area contributed by atoms with Crippen LogP contribution in [0.25, 0.3) is 11.0 Å². The summed E-state index contributed by atoms with van der Waals surface area (Å²) in [6.45, 7) is 3.14. The van der Waals surface area contributed by atoms with Gasteiger partial charge in [0.1, 0.15) is 5.52 Å². The molecule has 3 heterocycles. The average molecular weight is 803 g/mol. The van der Waals surface area contributed by atoms with Crippen LogP contribution in [-0.2, 0) is 65.4 Å². The Kier molecular flexibility index (Phi) is 18.3. The van der Waals surface area contributed by atoms with Crippen molar-refractivity contribution >= 4 is 88.5 Å². The molecule has 15 heteroatoms. The molecule has 206 valence electrons. The van der Waals surface area contributed by atoms with Gasteiger partial charge in [0.15, 0.2) is 11.9 Å². The molecule has 1 unspecified atom stereocenters. The van der Waals surface area contributed by atoms with Gasteiger partial charge in [-0.15, -0.1) is 0 Å². The SMILES string of the molecule is [CH2-]N1CCN=C1Nc1c(Cl)cc(NP)cc1Cl.[CH2-]N1CCN=C1Nc1ccc2nccnc2c1Br.[CH3-].[CH3-].[Y].[Y]. The summed E-state index contributed by atoms with van der Waals surface area (Å²) in [7, 11) is 10.1. The van der Waals surface area contributed by atoms with E-state index in [0.717, 1.165) is 59.0 Å².